The largest absolute Gasteiger partial charge is 0.252 e. The molecule has 2 aliphatic carbocycles. The fourth-order valence-corrected chi connectivity index (χ4v) is 5.92. The molecule has 6 rings (SSSR count). The Bertz CT molecular complexity index is 1440. The van der Waals surface area contributed by atoms with Crippen LogP contribution >= 0.6 is 0 Å². The zero-order chi connectivity index (χ0) is 23.8. The number of fused-ring (bicyclic) bond motifs is 5. The molecule has 2 atom stereocenters. The number of nitrogens with zero attached hydrogens (tertiary/aromatic N) is 7. The van der Waals surface area contributed by atoms with Crippen LogP contribution in [0.4, 0.5) is 13.2 Å². The molecule has 0 spiro atoms. The Morgan fingerprint density at radius 2 is 1.76 bits per heavy atom. The van der Waals surface area contributed by atoms with E-state index in [-0.39, 0.29) is 28.8 Å². The minimum atomic E-state index is -0.871. The summed E-state index contributed by atoms with van der Waals surface area (Å²) < 4.78 is 45.6. The van der Waals surface area contributed by atoms with Crippen LogP contribution in [0.5, 0.6) is 0 Å². The summed E-state index contributed by atoms with van der Waals surface area (Å²) in [7, 11) is 0. The normalized spacial score (nSPS) is 22.2. The maximum Gasteiger partial charge on any atom is 0.252 e. The van der Waals surface area contributed by atoms with Crippen molar-refractivity contribution in [3.05, 3.63) is 77.0 Å². The van der Waals surface area contributed by atoms with Crippen LogP contribution in [0.25, 0.3) is 17.2 Å². The number of aryl methyl sites for hydroxylation is 1. The van der Waals surface area contributed by atoms with Crippen molar-refractivity contribution in [2.45, 2.75) is 44.9 Å². The number of aromatic nitrogens is 7. The second-order valence-electron chi connectivity index (χ2n) is 9.45. The van der Waals surface area contributed by atoms with Gasteiger partial charge in [-0.05, 0) is 54.9 Å². The standard InChI is InChI=1S/C24H20F3N7/c1-12-29-11-34(33-12)22-28-10-17(27)21(30-22)24-8-7-14(23(24,2)3)13-9-18(31-32-20(13)24)19-15(25)5-4-6-16(19)26/h4-6,9-11,14H,7-8H2,1-3H3/t14-,24?/m0/s1. The maximum atomic E-state index is 15.4. The summed E-state index contributed by atoms with van der Waals surface area (Å²) in [4.78, 5) is 12.8. The van der Waals surface area contributed by atoms with E-state index in [0.717, 1.165) is 18.2 Å². The Morgan fingerprint density at radius 1 is 1.00 bits per heavy atom. The van der Waals surface area contributed by atoms with E-state index in [0.29, 0.717) is 17.9 Å². The molecular formula is C24H20F3N7. The molecule has 1 saturated carbocycles. The van der Waals surface area contributed by atoms with Crippen LogP contribution in [0.1, 0.15) is 55.4 Å². The van der Waals surface area contributed by atoms with Crippen molar-refractivity contribution >= 4 is 0 Å². The van der Waals surface area contributed by atoms with Crippen LogP contribution in [-0.4, -0.2) is 34.9 Å². The zero-order valence-corrected chi connectivity index (χ0v) is 18.7. The second kappa shape index (κ2) is 6.91. The van der Waals surface area contributed by atoms with E-state index < -0.39 is 28.3 Å². The number of halogens is 3. The number of hydrogen-bond acceptors (Lipinski definition) is 6. The van der Waals surface area contributed by atoms with E-state index in [9.17, 15) is 8.78 Å². The van der Waals surface area contributed by atoms with Gasteiger partial charge in [0.2, 0.25) is 0 Å². The van der Waals surface area contributed by atoms with Gasteiger partial charge in [0.1, 0.15) is 23.8 Å². The minimum absolute atomic E-state index is 0.00184. The van der Waals surface area contributed by atoms with Gasteiger partial charge in [-0.3, -0.25) is 0 Å². The molecule has 1 aromatic carbocycles. The Kier molecular flexibility index (Phi) is 4.24. The number of benzene rings is 1. The van der Waals surface area contributed by atoms with Gasteiger partial charge in [-0.15, -0.1) is 10.2 Å². The number of hydrogen-bond donors (Lipinski definition) is 0. The Labute approximate surface area is 193 Å². The van der Waals surface area contributed by atoms with E-state index in [1.807, 2.05) is 0 Å². The first-order chi connectivity index (χ1) is 16.2. The molecule has 172 valence electrons. The lowest BCUT2D eigenvalue weighted by Crippen LogP contribution is -2.39. The van der Waals surface area contributed by atoms with Crippen LogP contribution in [0.2, 0.25) is 0 Å². The van der Waals surface area contributed by atoms with Gasteiger partial charge in [-0.2, -0.15) is 9.78 Å². The molecule has 1 fully saturated rings. The second-order valence-corrected chi connectivity index (χ2v) is 9.45. The molecule has 0 aliphatic heterocycles. The molecule has 0 saturated heterocycles. The molecule has 2 bridgehead atoms. The lowest BCUT2D eigenvalue weighted by atomic mass is 9.66. The van der Waals surface area contributed by atoms with Crippen LogP contribution in [0.15, 0.2) is 36.8 Å². The first-order valence-corrected chi connectivity index (χ1v) is 11.0. The van der Waals surface area contributed by atoms with E-state index in [1.54, 1.807) is 13.0 Å². The van der Waals surface area contributed by atoms with Crippen molar-refractivity contribution in [1.82, 2.24) is 34.9 Å². The highest BCUT2D eigenvalue weighted by Gasteiger charge is 2.66. The van der Waals surface area contributed by atoms with Crippen molar-refractivity contribution in [3.63, 3.8) is 0 Å². The quantitative estimate of drug-likeness (QED) is 0.447. The Hall–Kier alpha value is -3.69. The van der Waals surface area contributed by atoms with Crippen molar-refractivity contribution in [2.24, 2.45) is 5.41 Å². The summed E-state index contributed by atoms with van der Waals surface area (Å²) in [5, 5.41) is 12.9. The van der Waals surface area contributed by atoms with E-state index in [1.165, 1.54) is 29.2 Å². The zero-order valence-electron chi connectivity index (χ0n) is 18.7. The molecule has 3 aromatic heterocycles. The van der Waals surface area contributed by atoms with Crippen molar-refractivity contribution < 1.29 is 13.2 Å². The van der Waals surface area contributed by atoms with Gasteiger partial charge in [-0.25, -0.2) is 28.1 Å². The third-order valence-corrected chi connectivity index (χ3v) is 7.55. The molecule has 0 radical (unpaired) electrons. The summed E-state index contributed by atoms with van der Waals surface area (Å²) in [6, 6.07) is 5.38. The average molecular weight is 463 g/mol. The van der Waals surface area contributed by atoms with E-state index >= 15 is 4.39 Å². The van der Waals surface area contributed by atoms with Crippen LogP contribution < -0.4 is 0 Å². The lowest BCUT2D eigenvalue weighted by Gasteiger charge is -2.37. The molecule has 10 heteroatoms. The monoisotopic (exact) mass is 463 g/mol. The highest BCUT2D eigenvalue weighted by atomic mass is 19.1. The average Bonchev–Trinajstić information content (AvgIpc) is 3.40. The predicted molar refractivity (Wildman–Crippen MR) is 116 cm³/mol. The van der Waals surface area contributed by atoms with Crippen LogP contribution in [0.3, 0.4) is 0 Å². The van der Waals surface area contributed by atoms with Crippen molar-refractivity contribution in [1.29, 1.82) is 0 Å². The summed E-state index contributed by atoms with van der Waals surface area (Å²) in [5.41, 5.74) is 0.188. The fraction of sp³-hybridized carbons (Fsp3) is 0.333. The molecule has 0 N–H and O–H groups in total. The fourth-order valence-electron chi connectivity index (χ4n) is 5.92. The van der Waals surface area contributed by atoms with Gasteiger partial charge < -0.3 is 0 Å². The molecular weight excluding hydrogens is 443 g/mol. The van der Waals surface area contributed by atoms with Gasteiger partial charge in [-0.1, -0.05) is 19.9 Å². The van der Waals surface area contributed by atoms with Gasteiger partial charge in [0, 0.05) is 0 Å². The van der Waals surface area contributed by atoms with Gasteiger partial charge >= 0.3 is 0 Å². The molecule has 1 unspecified atom stereocenters. The third kappa shape index (κ3) is 2.59. The van der Waals surface area contributed by atoms with Gasteiger partial charge in [0.15, 0.2) is 5.82 Å². The number of rotatable bonds is 3. The maximum absolute atomic E-state index is 15.4. The molecule has 3 heterocycles. The smallest absolute Gasteiger partial charge is 0.220 e. The Morgan fingerprint density at radius 3 is 2.47 bits per heavy atom. The van der Waals surface area contributed by atoms with Crippen molar-refractivity contribution in [3.8, 4) is 17.2 Å². The van der Waals surface area contributed by atoms with Gasteiger partial charge in [0.05, 0.1) is 34.3 Å². The molecule has 7 nitrogen and oxygen atoms in total. The third-order valence-electron chi connectivity index (χ3n) is 7.55. The lowest BCUT2D eigenvalue weighted by molar-refractivity contribution is 0.235. The molecule has 4 aromatic rings. The van der Waals surface area contributed by atoms with Crippen LogP contribution in [0, 0.1) is 29.8 Å². The van der Waals surface area contributed by atoms with E-state index in [2.05, 4.69) is 44.1 Å². The summed E-state index contributed by atoms with van der Waals surface area (Å²) in [5.74, 6) is -1.22. The SMILES string of the molecule is Cc1ncn(-c2ncc(F)c(C34CC[C@@H](c5cc(-c6c(F)cccc6F)nnc53)C4(C)C)n2)n1. The summed E-state index contributed by atoms with van der Waals surface area (Å²) in [6.07, 6.45) is 3.99. The van der Waals surface area contributed by atoms with Crippen LogP contribution in [-0.2, 0) is 5.41 Å². The van der Waals surface area contributed by atoms with Crippen molar-refractivity contribution in [2.75, 3.05) is 0 Å². The molecule has 2 aliphatic rings. The minimum Gasteiger partial charge on any atom is -0.220 e. The topological polar surface area (TPSA) is 82.3 Å². The first kappa shape index (κ1) is 20.9. The first-order valence-electron chi connectivity index (χ1n) is 11.0. The Balaban J connectivity index is 1.56. The summed E-state index contributed by atoms with van der Waals surface area (Å²) in [6.45, 7) is 5.84. The van der Waals surface area contributed by atoms with Gasteiger partial charge in [0.25, 0.3) is 5.95 Å². The predicted octanol–water partition coefficient (Wildman–Crippen LogP) is 4.44. The highest BCUT2D eigenvalue weighted by molar-refractivity contribution is 5.64. The molecule has 0 amide bonds. The summed E-state index contributed by atoms with van der Waals surface area (Å²) >= 11 is 0. The van der Waals surface area contributed by atoms with E-state index in [4.69, 9.17) is 0 Å². The molecule has 34 heavy (non-hydrogen) atoms. The highest BCUT2D eigenvalue weighted by Crippen LogP contribution is 2.69.